The smallest absolute Gasteiger partial charge is 0.338 e. The molecule has 8 nitrogen and oxygen atoms in total. The number of ether oxygens (including phenoxy) is 2. The Morgan fingerprint density at radius 3 is 2.57 bits per heavy atom. The molecule has 0 bridgehead atoms. The summed E-state index contributed by atoms with van der Waals surface area (Å²) in [4.78, 5) is 34.4. The lowest BCUT2D eigenvalue weighted by molar-refractivity contribution is -0.384. The van der Waals surface area contributed by atoms with Crippen molar-refractivity contribution in [3.8, 4) is 5.75 Å². The van der Waals surface area contributed by atoms with Gasteiger partial charge in [-0.15, -0.1) is 0 Å². The highest BCUT2D eigenvalue weighted by Crippen LogP contribution is 2.18. The number of amides is 1. The van der Waals surface area contributed by atoms with Crippen molar-refractivity contribution in [1.82, 2.24) is 5.32 Å². The number of para-hydroxylation sites is 1. The number of hydrogen-bond acceptors (Lipinski definition) is 6. The van der Waals surface area contributed by atoms with Crippen LogP contribution < -0.4 is 10.1 Å². The first kappa shape index (κ1) is 20.8. The van der Waals surface area contributed by atoms with Gasteiger partial charge in [0.1, 0.15) is 0 Å². The van der Waals surface area contributed by atoms with Gasteiger partial charge in [0.25, 0.3) is 11.6 Å². The molecular weight excluding hydrogens is 371 g/mol. The van der Waals surface area contributed by atoms with Crippen LogP contribution in [0, 0.1) is 15.9 Å². The van der Waals surface area contributed by atoms with Crippen LogP contribution in [0.2, 0.25) is 0 Å². The zero-order chi connectivity index (χ0) is 20.5. The average Bonchev–Trinajstić information content (AvgIpc) is 2.68. The molecule has 0 unspecified atom stereocenters. The number of non-ortho nitro benzene ring substituents is 1. The molecule has 0 saturated heterocycles. The van der Waals surface area contributed by atoms with Crippen LogP contribution in [-0.4, -0.2) is 36.6 Å². The molecule has 28 heavy (non-hydrogen) atoms. The zero-order valence-corrected chi connectivity index (χ0v) is 15.1. The van der Waals surface area contributed by atoms with Crippen LogP contribution in [0.3, 0.4) is 0 Å². The Morgan fingerprint density at radius 2 is 1.89 bits per heavy atom. The normalized spacial score (nSPS) is 10.2. The molecule has 1 amide bonds. The molecule has 2 rings (SSSR count). The van der Waals surface area contributed by atoms with Gasteiger partial charge < -0.3 is 14.8 Å². The fraction of sp³-hybridized carbons (Fsp3) is 0.263. The van der Waals surface area contributed by atoms with Crippen molar-refractivity contribution < 1.29 is 28.4 Å². The lowest BCUT2D eigenvalue weighted by Gasteiger charge is -2.09. The summed E-state index contributed by atoms with van der Waals surface area (Å²) < 4.78 is 23.5. The second-order valence-corrected chi connectivity index (χ2v) is 5.63. The molecule has 0 atom stereocenters. The SMILES string of the molecule is CCOC(=O)c1cc(C(=O)NCCCOc2ccccc2F)cc([N+](=O)[O-])c1. The first-order chi connectivity index (χ1) is 13.4. The average molecular weight is 390 g/mol. The van der Waals surface area contributed by atoms with E-state index in [1.54, 1.807) is 19.1 Å². The summed E-state index contributed by atoms with van der Waals surface area (Å²) in [5.74, 6) is -1.69. The summed E-state index contributed by atoms with van der Waals surface area (Å²) in [7, 11) is 0. The Kier molecular flexibility index (Phi) is 7.44. The van der Waals surface area contributed by atoms with Crippen LogP contribution in [0.1, 0.15) is 34.1 Å². The van der Waals surface area contributed by atoms with E-state index in [9.17, 15) is 24.1 Å². The van der Waals surface area contributed by atoms with Crippen LogP contribution in [0.5, 0.6) is 5.75 Å². The lowest BCUT2D eigenvalue weighted by Crippen LogP contribution is -2.26. The third-order valence-corrected chi connectivity index (χ3v) is 3.60. The van der Waals surface area contributed by atoms with Gasteiger partial charge in [0.15, 0.2) is 11.6 Å². The fourth-order valence-corrected chi connectivity index (χ4v) is 2.30. The van der Waals surface area contributed by atoms with Crippen molar-refractivity contribution in [3.05, 3.63) is 69.5 Å². The summed E-state index contributed by atoms with van der Waals surface area (Å²) in [5.41, 5.74) is -0.505. The number of carbonyl (C=O) groups excluding carboxylic acids is 2. The Hall–Kier alpha value is -3.49. The largest absolute Gasteiger partial charge is 0.490 e. The molecule has 0 aliphatic heterocycles. The third-order valence-electron chi connectivity index (χ3n) is 3.60. The number of benzene rings is 2. The predicted molar refractivity (Wildman–Crippen MR) is 97.9 cm³/mol. The zero-order valence-electron chi connectivity index (χ0n) is 15.1. The number of rotatable bonds is 9. The molecule has 0 radical (unpaired) electrons. The molecule has 0 saturated carbocycles. The Bertz CT molecular complexity index is 871. The van der Waals surface area contributed by atoms with E-state index in [0.717, 1.165) is 12.1 Å². The van der Waals surface area contributed by atoms with Gasteiger partial charge in [0, 0.05) is 24.2 Å². The summed E-state index contributed by atoms with van der Waals surface area (Å²) in [6.07, 6.45) is 0.389. The molecule has 9 heteroatoms. The number of nitrogens with zero attached hydrogens (tertiary/aromatic N) is 1. The topological polar surface area (TPSA) is 108 Å². The van der Waals surface area contributed by atoms with E-state index in [-0.39, 0.29) is 36.6 Å². The highest BCUT2D eigenvalue weighted by Gasteiger charge is 2.18. The highest BCUT2D eigenvalue weighted by molar-refractivity contribution is 5.99. The molecule has 0 spiro atoms. The second-order valence-electron chi connectivity index (χ2n) is 5.63. The number of nitrogens with one attached hydrogen (secondary N) is 1. The maximum Gasteiger partial charge on any atom is 0.338 e. The molecule has 1 N–H and O–H groups in total. The number of halogens is 1. The number of esters is 1. The molecule has 0 aliphatic carbocycles. The van der Waals surface area contributed by atoms with E-state index in [2.05, 4.69) is 5.32 Å². The van der Waals surface area contributed by atoms with Crippen molar-refractivity contribution in [3.63, 3.8) is 0 Å². The third kappa shape index (κ3) is 5.76. The number of carbonyl (C=O) groups is 2. The van der Waals surface area contributed by atoms with Gasteiger partial charge in [0.05, 0.1) is 23.7 Å². The van der Waals surface area contributed by atoms with Crippen LogP contribution in [0.4, 0.5) is 10.1 Å². The number of nitro groups is 1. The minimum atomic E-state index is -0.751. The summed E-state index contributed by atoms with van der Waals surface area (Å²) in [6, 6.07) is 9.32. The molecule has 0 aromatic heterocycles. The lowest BCUT2D eigenvalue weighted by atomic mass is 10.1. The summed E-state index contributed by atoms with van der Waals surface area (Å²) in [5, 5.41) is 13.6. The van der Waals surface area contributed by atoms with Crippen molar-refractivity contribution >= 4 is 17.6 Å². The maximum atomic E-state index is 13.4. The Morgan fingerprint density at radius 1 is 1.18 bits per heavy atom. The highest BCUT2D eigenvalue weighted by atomic mass is 19.1. The van der Waals surface area contributed by atoms with Crippen LogP contribution in [-0.2, 0) is 4.74 Å². The van der Waals surface area contributed by atoms with Gasteiger partial charge in [-0.25, -0.2) is 9.18 Å². The van der Waals surface area contributed by atoms with Crippen molar-refractivity contribution in [1.29, 1.82) is 0 Å². The molecule has 2 aromatic carbocycles. The van der Waals surface area contributed by atoms with Crippen molar-refractivity contribution in [2.75, 3.05) is 19.8 Å². The standard InChI is InChI=1S/C19H19FN2O6/c1-2-27-19(24)14-10-13(11-15(12-14)22(25)26)18(23)21-8-5-9-28-17-7-4-3-6-16(17)20/h3-4,6-7,10-12H,2,5,8-9H2,1H3,(H,21,23). The quantitative estimate of drug-likeness (QED) is 0.305. The first-order valence-electron chi connectivity index (χ1n) is 8.54. The van der Waals surface area contributed by atoms with Gasteiger partial charge in [0.2, 0.25) is 0 Å². The Balaban J connectivity index is 1.94. The minimum absolute atomic E-state index is 0.0349. The maximum absolute atomic E-state index is 13.4. The fourth-order valence-electron chi connectivity index (χ4n) is 2.30. The minimum Gasteiger partial charge on any atom is -0.490 e. The van der Waals surface area contributed by atoms with E-state index >= 15 is 0 Å². The second kappa shape index (κ2) is 10.0. The van der Waals surface area contributed by atoms with E-state index < -0.39 is 28.3 Å². The molecule has 0 fully saturated rings. The van der Waals surface area contributed by atoms with Gasteiger partial charge in [-0.2, -0.15) is 0 Å². The summed E-state index contributed by atoms with van der Waals surface area (Å²) >= 11 is 0. The van der Waals surface area contributed by atoms with Crippen LogP contribution in [0.15, 0.2) is 42.5 Å². The number of hydrogen-bond donors (Lipinski definition) is 1. The van der Waals surface area contributed by atoms with Gasteiger partial charge in [-0.3, -0.25) is 14.9 Å². The predicted octanol–water partition coefficient (Wildman–Crippen LogP) is 3.11. The molecule has 0 aliphatic rings. The number of nitro benzene ring substituents is 1. The van der Waals surface area contributed by atoms with Crippen LogP contribution in [0.25, 0.3) is 0 Å². The molecular formula is C19H19FN2O6. The first-order valence-corrected chi connectivity index (χ1v) is 8.54. The van der Waals surface area contributed by atoms with E-state index in [1.807, 2.05) is 0 Å². The van der Waals surface area contributed by atoms with Gasteiger partial charge in [-0.1, -0.05) is 12.1 Å². The van der Waals surface area contributed by atoms with Crippen molar-refractivity contribution in [2.45, 2.75) is 13.3 Å². The monoisotopic (exact) mass is 390 g/mol. The van der Waals surface area contributed by atoms with E-state index in [1.165, 1.54) is 18.2 Å². The Labute approximate surface area is 160 Å². The van der Waals surface area contributed by atoms with Crippen LogP contribution >= 0.6 is 0 Å². The molecule has 2 aromatic rings. The van der Waals surface area contributed by atoms with E-state index in [0.29, 0.717) is 6.42 Å². The summed E-state index contributed by atoms with van der Waals surface area (Å²) in [6.45, 7) is 2.08. The molecule has 148 valence electrons. The van der Waals surface area contributed by atoms with E-state index in [4.69, 9.17) is 9.47 Å². The van der Waals surface area contributed by atoms with Gasteiger partial charge in [-0.05, 0) is 31.5 Å². The van der Waals surface area contributed by atoms with Crippen molar-refractivity contribution in [2.24, 2.45) is 0 Å². The van der Waals surface area contributed by atoms with Gasteiger partial charge >= 0.3 is 5.97 Å². The molecule has 0 heterocycles.